The fraction of sp³-hybridized carbons (Fsp3) is 0.429. The van der Waals surface area contributed by atoms with E-state index in [2.05, 4.69) is 5.32 Å². The van der Waals surface area contributed by atoms with Gasteiger partial charge in [0.2, 0.25) is 6.79 Å². The number of carboxylic acid groups (broad SMARTS) is 1. The molecule has 1 aromatic carbocycles. The quantitative estimate of drug-likeness (QED) is 0.872. The number of rotatable bonds is 3. The Morgan fingerprint density at radius 1 is 1.20 bits per heavy atom. The molecule has 0 bridgehead atoms. The van der Waals surface area contributed by atoms with Crippen LogP contribution in [0.2, 0.25) is 0 Å². The van der Waals surface area contributed by atoms with Crippen molar-refractivity contribution < 1.29 is 24.2 Å². The van der Waals surface area contributed by atoms with Gasteiger partial charge in [-0.25, -0.2) is 0 Å². The minimum absolute atomic E-state index is 0.157. The van der Waals surface area contributed by atoms with Gasteiger partial charge in [-0.1, -0.05) is 6.42 Å². The molecule has 2 aliphatic rings. The molecule has 0 saturated heterocycles. The highest BCUT2D eigenvalue weighted by Gasteiger charge is 2.34. The molecule has 6 heteroatoms. The Morgan fingerprint density at radius 3 is 2.80 bits per heavy atom. The lowest BCUT2D eigenvalue weighted by Crippen LogP contribution is -2.40. The maximum Gasteiger partial charge on any atom is 0.308 e. The first-order chi connectivity index (χ1) is 9.65. The van der Waals surface area contributed by atoms with Crippen LogP contribution in [-0.2, 0) is 4.79 Å². The van der Waals surface area contributed by atoms with Crippen molar-refractivity contribution in [2.24, 2.45) is 5.92 Å². The van der Waals surface area contributed by atoms with Crippen LogP contribution in [0.15, 0.2) is 18.2 Å². The molecular weight excluding hydrogens is 262 g/mol. The van der Waals surface area contributed by atoms with Gasteiger partial charge in [-0.05, 0) is 31.0 Å². The van der Waals surface area contributed by atoms with Crippen LogP contribution in [0.4, 0.5) is 0 Å². The Morgan fingerprint density at radius 2 is 2.00 bits per heavy atom. The molecule has 1 aromatic rings. The zero-order valence-corrected chi connectivity index (χ0v) is 10.8. The topological polar surface area (TPSA) is 84.9 Å². The van der Waals surface area contributed by atoms with Gasteiger partial charge in [0.1, 0.15) is 0 Å². The highest BCUT2D eigenvalue weighted by atomic mass is 16.7. The fourth-order valence-electron chi connectivity index (χ4n) is 2.72. The minimum atomic E-state index is -0.849. The molecule has 1 aliphatic carbocycles. The van der Waals surface area contributed by atoms with E-state index in [0.29, 0.717) is 29.9 Å². The van der Waals surface area contributed by atoms with E-state index in [1.807, 2.05) is 0 Å². The molecule has 106 valence electrons. The first-order valence-corrected chi connectivity index (χ1v) is 6.58. The van der Waals surface area contributed by atoms with Gasteiger partial charge >= 0.3 is 5.97 Å². The zero-order chi connectivity index (χ0) is 14.1. The maximum absolute atomic E-state index is 12.2. The fourth-order valence-corrected chi connectivity index (χ4v) is 2.72. The van der Waals surface area contributed by atoms with E-state index in [1.165, 1.54) is 0 Å². The predicted octanol–water partition coefficient (Wildman–Crippen LogP) is 1.40. The van der Waals surface area contributed by atoms with Gasteiger partial charge < -0.3 is 19.9 Å². The van der Waals surface area contributed by atoms with Crippen molar-refractivity contribution in [3.05, 3.63) is 23.8 Å². The average Bonchev–Trinajstić information content (AvgIpc) is 3.05. The van der Waals surface area contributed by atoms with Gasteiger partial charge in [-0.2, -0.15) is 0 Å². The van der Waals surface area contributed by atoms with Crippen molar-refractivity contribution in [2.75, 3.05) is 6.79 Å². The summed E-state index contributed by atoms with van der Waals surface area (Å²) in [6.07, 6.45) is 2.14. The summed E-state index contributed by atoms with van der Waals surface area (Å²) in [5.74, 6) is -0.461. The highest BCUT2D eigenvalue weighted by molar-refractivity contribution is 5.95. The molecular formula is C14H15NO5. The Bertz CT molecular complexity index is 556. The normalized spacial score (nSPS) is 23.6. The molecule has 0 radical (unpaired) electrons. The molecule has 1 heterocycles. The second kappa shape index (κ2) is 5.03. The molecule has 0 aromatic heterocycles. The van der Waals surface area contributed by atoms with Gasteiger partial charge in [0.05, 0.1) is 5.92 Å². The summed E-state index contributed by atoms with van der Waals surface area (Å²) in [5, 5.41) is 11.9. The summed E-state index contributed by atoms with van der Waals surface area (Å²) in [7, 11) is 0. The van der Waals surface area contributed by atoms with Gasteiger partial charge in [0.15, 0.2) is 11.5 Å². The summed E-state index contributed by atoms with van der Waals surface area (Å²) in [5.41, 5.74) is 0.449. The van der Waals surface area contributed by atoms with E-state index in [4.69, 9.17) is 14.6 Å². The number of carboxylic acids is 1. The summed E-state index contributed by atoms with van der Waals surface area (Å²) < 4.78 is 10.4. The average molecular weight is 277 g/mol. The molecule has 2 unspecified atom stereocenters. The Hall–Kier alpha value is -2.24. The number of ether oxygens (including phenoxy) is 2. The first-order valence-electron chi connectivity index (χ1n) is 6.58. The van der Waals surface area contributed by atoms with Crippen LogP contribution in [0.25, 0.3) is 0 Å². The van der Waals surface area contributed by atoms with E-state index < -0.39 is 11.9 Å². The number of fused-ring (bicyclic) bond motifs is 1. The van der Waals surface area contributed by atoms with Crippen molar-refractivity contribution in [1.82, 2.24) is 5.32 Å². The Kier molecular flexibility index (Phi) is 3.22. The SMILES string of the molecule is O=C(NC1CCCC1C(=O)O)c1ccc2c(c1)OCO2. The number of hydrogen-bond acceptors (Lipinski definition) is 4. The van der Waals surface area contributed by atoms with Crippen LogP contribution in [-0.4, -0.2) is 29.8 Å². The van der Waals surface area contributed by atoms with Crippen LogP contribution in [0.3, 0.4) is 0 Å². The number of amides is 1. The summed E-state index contributed by atoms with van der Waals surface area (Å²) in [6, 6.07) is 4.64. The van der Waals surface area contributed by atoms with Crippen LogP contribution in [0.1, 0.15) is 29.6 Å². The van der Waals surface area contributed by atoms with Gasteiger partial charge in [0, 0.05) is 11.6 Å². The van der Waals surface area contributed by atoms with Crippen molar-refractivity contribution in [3.8, 4) is 11.5 Å². The lowest BCUT2D eigenvalue weighted by molar-refractivity contribution is -0.142. The van der Waals surface area contributed by atoms with Crippen LogP contribution in [0, 0.1) is 5.92 Å². The van der Waals surface area contributed by atoms with E-state index in [9.17, 15) is 9.59 Å². The van der Waals surface area contributed by atoms with Gasteiger partial charge in [-0.3, -0.25) is 9.59 Å². The smallest absolute Gasteiger partial charge is 0.308 e. The molecule has 1 aliphatic heterocycles. The number of nitrogens with one attached hydrogen (secondary N) is 1. The molecule has 20 heavy (non-hydrogen) atoms. The monoisotopic (exact) mass is 277 g/mol. The van der Waals surface area contributed by atoms with Gasteiger partial charge in [0.25, 0.3) is 5.91 Å². The van der Waals surface area contributed by atoms with Crippen LogP contribution < -0.4 is 14.8 Å². The maximum atomic E-state index is 12.2. The van der Waals surface area contributed by atoms with Crippen LogP contribution >= 0.6 is 0 Å². The summed E-state index contributed by atoms with van der Waals surface area (Å²) in [4.78, 5) is 23.3. The van der Waals surface area contributed by atoms with Crippen molar-refractivity contribution in [3.63, 3.8) is 0 Å². The number of aliphatic carboxylic acids is 1. The predicted molar refractivity (Wildman–Crippen MR) is 68.8 cm³/mol. The highest BCUT2D eigenvalue weighted by Crippen LogP contribution is 2.33. The van der Waals surface area contributed by atoms with E-state index >= 15 is 0 Å². The Labute approximate surface area is 115 Å². The van der Waals surface area contributed by atoms with Crippen LogP contribution in [0.5, 0.6) is 11.5 Å². The summed E-state index contributed by atoms with van der Waals surface area (Å²) in [6.45, 7) is 0.157. The lowest BCUT2D eigenvalue weighted by Gasteiger charge is -2.17. The summed E-state index contributed by atoms with van der Waals surface area (Å²) >= 11 is 0. The first kappa shape index (κ1) is 12.8. The van der Waals surface area contributed by atoms with E-state index in [1.54, 1.807) is 18.2 Å². The second-order valence-corrected chi connectivity index (χ2v) is 5.02. The Balaban J connectivity index is 1.71. The van der Waals surface area contributed by atoms with Gasteiger partial charge in [-0.15, -0.1) is 0 Å². The molecule has 2 atom stereocenters. The number of hydrogen-bond donors (Lipinski definition) is 2. The number of carbonyl (C=O) groups is 2. The third-order valence-corrected chi connectivity index (χ3v) is 3.78. The lowest BCUT2D eigenvalue weighted by atomic mass is 10.0. The minimum Gasteiger partial charge on any atom is -0.481 e. The molecule has 2 N–H and O–H groups in total. The van der Waals surface area contributed by atoms with E-state index in [0.717, 1.165) is 6.42 Å². The molecule has 1 saturated carbocycles. The third kappa shape index (κ3) is 2.29. The molecule has 1 amide bonds. The molecule has 3 rings (SSSR count). The molecule has 0 spiro atoms. The van der Waals surface area contributed by atoms with Crippen molar-refractivity contribution in [2.45, 2.75) is 25.3 Å². The third-order valence-electron chi connectivity index (χ3n) is 3.78. The van der Waals surface area contributed by atoms with Crippen molar-refractivity contribution >= 4 is 11.9 Å². The largest absolute Gasteiger partial charge is 0.481 e. The second-order valence-electron chi connectivity index (χ2n) is 5.02. The van der Waals surface area contributed by atoms with E-state index in [-0.39, 0.29) is 18.7 Å². The molecule has 6 nitrogen and oxygen atoms in total. The zero-order valence-electron chi connectivity index (χ0n) is 10.8. The van der Waals surface area contributed by atoms with Crippen molar-refractivity contribution in [1.29, 1.82) is 0 Å². The standard InChI is InChI=1S/C14H15NO5/c16-13(15-10-3-1-2-9(10)14(17)18)8-4-5-11-12(6-8)20-7-19-11/h4-6,9-10H,1-3,7H2,(H,15,16)(H,17,18). The molecule has 1 fully saturated rings. The number of carbonyl (C=O) groups excluding carboxylic acids is 1. The number of benzene rings is 1.